The Labute approximate surface area is 92.4 Å². The van der Waals surface area contributed by atoms with E-state index in [1.165, 1.54) is 0 Å². The summed E-state index contributed by atoms with van der Waals surface area (Å²) < 4.78 is 0. The summed E-state index contributed by atoms with van der Waals surface area (Å²) in [4.78, 5) is 0. The summed E-state index contributed by atoms with van der Waals surface area (Å²) in [7, 11) is -1.36. The third-order valence-corrected chi connectivity index (χ3v) is 0. The second-order valence-corrected chi connectivity index (χ2v) is 6.75. The largest absolute Gasteiger partial charge is 1.00 e. The fourth-order valence-electron chi connectivity index (χ4n) is 0. The first-order valence-corrected chi connectivity index (χ1v) is 5.25. The average Bonchev–Trinajstić information content (AvgIpc) is 0.722. The zero-order valence-electron chi connectivity index (χ0n) is 5.58. The molecule has 0 aromatic rings. The van der Waals surface area contributed by atoms with Gasteiger partial charge in [0.15, 0.2) is 0 Å². The maximum atomic E-state index is 7.08. The smallest absolute Gasteiger partial charge is 0 e. The van der Waals surface area contributed by atoms with E-state index >= 15 is 0 Å². The maximum Gasteiger partial charge on any atom is 0 e. The van der Waals surface area contributed by atoms with Crippen LogP contribution in [0.1, 0.15) is 0 Å². The molecule has 6 heteroatoms. The molecule has 0 aromatic carbocycles. The summed E-state index contributed by atoms with van der Waals surface area (Å²) in [6.07, 6.45) is 0. The third-order valence-electron chi connectivity index (χ3n) is 0. The molecule has 0 aliphatic carbocycles. The van der Waals surface area contributed by atoms with Crippen molar-refractivity contribution in [3.05, 3.63) is 5.40 Å². The molecule has 0 heterocycles. The van der Waals surface area contributed by atoms with Gasteiger partial charge in [0.1, 0.15) is 0 Å². The van der Waals surface area contributed by atoms with E-state index in [0.29, 0.717) is 0 Å². The summed E-state index contributed by atoms with van der Waals surface area (Å²) >= 11 is 0. The van der Waals surface area contributed by atoms with Crippen LogP contribution in [0, 0.1) is 0 Å². The van der Waals surface area contributed by atoms with Crippen molar-refractivity contribution in [2.24, 2.45) is 0 Å². The van der Waals surface area contributed by atoms with Gasteiger partial charge in [0.25, 0.3) is 0 Å². The SMILES string of the molecule is C[Si](C)(C)[NH-].[Cl-].[Cl-].[Cl-].[Ta]. The molecule has 0 atom stereocenters. The Bertz CT molecular complexity index is 34.5. The van der Waals surface area contributed by atoms with Crippen LogP contribution >= 0.6 is 0 Å². The Hall–Kier alpha value is 1.79. The molecule has 0 aliphatic rings. The van der Waals surface area contributed by atoms with Crippen LogP contribution in [-0.2, 0) is 22.4 Å². The molecule has 0 bridgehead atoms. The van der Waals surface area contributed by atoms with Crippen LogP contribution in [-0.4, -0.2) is 8.24 Å². The molecule has 1 nitrogen and oxygen atoms in total. The van der Waals surface area contributed by atoms with E-state index in [1.807, 2.05) is 19.6 Å². The van der Waals surface area contributed by atoms with Gasteiger partial charge in [0.2, 0.25) is 0 Å². The van der Waals surface area contributed by atoms with Crippen molar-refractivity contribution in [1.29, 1.82) is 0 Å². The van der Waals surface area contributed by atoms with Gasteiger partial charge in [-0.1, -0.05) is 27.9 Å². The average molecular weight is 376 g/mol. The number of halogens is 3. The minimum absolute atomic E-state index is 0. The first-order valence-electron chi connectivity index (χ1n) is 1.75. The van der Waals surface area contributed by atoms with Gasteiger partial charge in [-0.15, -0.1) is 0 Å². The van der Waals surface area contributed by atoms with Crippen molar-refractivity contribution in [3.8, 4) is 0 Å². The summed E-state index contributed by atoms with van der Waals surface area (Å²) in [5.41, 5.74) is 0. The fourth-order valence-corrected chi connectivity index (χ4v) is 0. The van der Waals surface area contributed by atoms with Crippen molar-refractivity contribution < 1.29 is 59.6 Å². The van der Waals surface area contributed by atoms with Gasteiger partial charge < -0.3 is 42.6 Å². The van der Waals surface area contributed by atoms with E-state index in [1.54, 1.807) is 0 Å². The van der Waals surface area contributed by atoms with Crippen LogP contribution < -0.4 is 37.2 Å². The topological polar surface area (TPSA) is 23.8 Å². The van der Waals surface area contributed by atoms with Crippen LogP contribution in [0.15, 0.2) is 0 Å². The third kappa shape index (κ3) is 186. The van der Waals surface area contributed by atoms with Crippen LogP contribution in [0.5, 0.6) is 0 Å². The first kappa shape index (κ1) is 30.9. The molecule has 0 saturated heterocycles. The summed E-state index contributed by atoms with van der Waals surface area (Å²) in [5.74, 6) is 0. The molecule has 0 amide bonds. The standard InChI is InChI=1S/C3H10NSi.3ClH.Ta/c1-5(2,3)4;;;;/h4H,1-3H3;3*1H;/q-1;;;;/p-3. The molecular formula is C3H10Cl3NSiTa-4. The quantitative estimate of drug-likeness (QED) is 0.376. The van der Waals surface area contributed by atoms with Gasteiger partial charge in [0.05, 0.1) is 0 Å². The monoisotopic (exact) mass is 374 g/mol. The van der Waals surface area contributed by atoms with Gasteiger partial charge >= 0.3 is 0 Å². The second-order valence-electron chi connectivity index (χ2n) is 2.25. The predicted molar refractivity (Wildman–Crippen MR) is 27.7 cm³/mol. The number of hydrogen-bond acceptors (Lipinski definition) is 0. The number of nitrogens with one attached hydrogen (secondary N) is 1. The van der Waals surface area contributed by atoms with Gasteiger partial charge in [0, 0.05) is 22.4 Å². The first-order chi connectivity index (χ1) is 2.00. The van der Waals surface area contributed by atoms with Crippen molar-refractivity contribution in [2.45, 2.75) is 19.6 Å². The van der Waals surface area contributed by atoms with Crippen LogP contribution in [0.25, 0.3) is 5.40 Å². The molecule has 0 fully saturated rings. The maximum absolute atomic E-state index is 7.08. The predicted octanol–water partition coefficient (Wildman–Crippen LogP) is -7.12. The number of hydrogen-bond donors (Lipinski definition) is 0. The minimum Gasteiger partial charge on any atom is -1.00 e. The molecule has 61 valence electrons. The van der Waals surface area contributed by atoms with E-state index in [9.17, 15) is 0 Å². The minimum atomic E-state index is -1.36. The summed E-state index contributed by atoms with van der Waals surface area (Å²) in [6.45, 7) is 5.98. The molecule has 9 heavy (non-hydrogen) atoms. The van der Waals surface area contributed by atoms with E-state index in [0.717, 1.165) is 0 Å². The van der Waals surface area contributed by atoms with Crippen molar-refractivity contribution in [3.63, 3.8) is 0 Å². The molecule has 1 radical (unpaired) electrons. The molecule has 0 saturated carbocycles. The van der Waals surface area contributed by atoms with E-state index in [-0.39, 0.29) is 59.6 Å². The Morgan fingerprint density at radius 1 is 0.889 bits per heavy atom. The molecule has 1 N–H and O–H groups in total. The van der Waals surface area contributed by atoms with Crippen LogP contribution in [0.4, 0.5) is 0 Å². The van der Waals surface area contributed by atoms with Crippen molar-refractivity contribution in [2.75, 3.05) is 0 Å². The van der Waals surface area contributed by atoms with Gasteiger partial charge in [-0.05, 0) is 0 Å². The molecule has 0 spiro atoms. The molecule has 0 rings (SSSR count). The summed E-state index contributed by atoms with van der Waals surface area (Å²) in [6, 6.07) is 0. The van der Waals surface area contributed by atoms with E-state index < -0.39 is 8.24 Å². The summed E-state index contributed by atoms with van der Waals surface area (Å²) in [5, 5.41) is 7.08. The zero-order valence-corrected chi connectivity index (χ0v) is 12.1. The normalized spacial score (nSPS) is 6.67. The fraction of sp³-hybridized carbons (Fsp3) is 1.00. The van der Waals surface area contributed by atoms with E-state index in [2.05, 4.69) is 0 Å². The van der Waals surface area contributed by atoms with Crippen molar-refractivity contribution in [1.82, 2.24) is 0 Å². The molecular weight excluding hydrogens is 365 g/mol. The second kappa shape index (κ2) is 12.5. The van der Waals surface area contributed by atoms with Crippen LogP contribution in [0.2, 0.25) is 19.6 Å². The van der Waals surface area contributed by atoms with Gasteiger partial charge in [-0.2, -0.15) is 0 Å². The Morgan fingerprint density at radius 3 is 0.889 bits per heavy atom. The van der Waals surface area contributed by atoms with Gasteiger partial charge in [-0.3, -0.25) is 0 Å². The Morgan fingerprint density at radius 2 is 0.889 bits per heavy atom. The Kier molecular flexibility index (Phi) is 42.7. The molecule has 0 aromatic heterocycles. The van der Waals surface area contributed by atoms with Crippen molar-refractivity contribution >= 4 is 8.24 Å². The van der Waals surface area contributed by atoms with Crippen LogP contribution in [0.3, 0.4) is 0 Å². The van der Waals surface area contributed by atoms with Gasteiger partial charge in [-0.25, -0.2) is 0 Å². The molecule has 0 unspecified atom stereocenters. The molecule has 0 aliphatic heterocycles. The van der Waals surface area contributed by atoms with E-state index in [4.69, 9.17) is 5.40 Å². The number of rotatable bonds is 0. The Balaban J connectivity index is -0.0000000133. The zero-order chi connectivity index (χ0) is 4.50.